The molecule has 1 amide bonds. The summed E-state index contributed by atoms with van der Waals surface area (Å²) < 4.78 is 47.5. The minimum atomic E-state index is -3.05. The summed E-state index contributed by atoms with van der Waals surface area (Å²) in [7, 11) is 0. The highest BCUT2D eigenvalue weighted by molar-refractivity contribution is 5.98. The number of benzene rings is 3. The van der Waals surface area contributed by atoms with Crippen molar-refractivity contribution in [1.29, 1.82) is 0 Å². The van der Waals surface area contributed by atoms with E-state index in [4.69, 9.17) is 4.74 Å². The summed E-state index contributed by atoms with van der Waals surface area (Å²) in [6, 6.07) is 18.4. The van der Waals surface area contributed by atoms with Crippen LogP contribution in [-0.4, -0.2) is 18.5 Å². The van der Waals surface area contributed by atoms with Crippen molar-refractivity contribution >= 4 is 17.6 Å². The molecule has 0 saturated heterocycles. The number of nitrogens with one attached hydrogen (secondary N) is 1. The van der Waals surface area contributed by atoms with E-state index in [1.54, 1.807) is 30.3 Å². The lowest BCUT2D eigenvalue weighted by molar-refractivity contribution is -0.125. The maximum absolute atomic E-state index is 13.1. The second kappa shape index (κ2) is 9.60. The van der Waals surface area contributed by atoms with Gasteiger partial charge in [0.15, 0.2) is 0 Å². The van der Waals surface area contributed by atoms with Crippen molar-refractivity contribution in [3.8, 4) is 5.75 Å². The zero-order chi connectivity index (χ0) is 21.5. The molecule has 1 atom stereocenters. The summed E-state index contributed by atoms with van der Waals surface area (Å²) in [5.74, 6) is -2.25. The molecule has 30 heavy (non-hydrogen) atoms. The van der Waals surface area contributed by atoms with Crippen LogP contribution in [0, 0.1) is 5.82 Å². The molecule has 0 aliphatic heterocycles. The molecular weight excluding hydrogens is 399 g/mol. The molecule has 0 heterocycles. The number of ether oxygens (including phenoxy) is 2. The molecule has 0 radical (unpaired) electrons. The van der Waals surface area contributed by atoms with E-state index in [-0.39, 0.29) is 11.3 Å². The lowest BCUT2D eigenvalue weighted by Crippen LogP contribution is -2.26. The summed E-state index contributed by atoms with van der Waals surface area (Å²) in [5.41, 5.74) is 0.639. The maximum Gasteiger partial charge on any atom is 0.387 e. The number of anilines is 1. The fourth-order valence-electron chi connectivity index (χ4n) is 2.62. The first-order valence-corrected chi connectivity index (χ1v) is 8.79. The van der Waals surface area contributed by atoms with Crippen LogP contribution >= 0.6 is 0 Å². The summed E-state index contributed by atoms with van der Waals surface area (Å²) in [6.07, 6.45) is -1.33. The number of amides is 1. The molecule has 0 unspecified atom stereocenters. The Hall–Kier alpha value is -3.81. The Morgan fingerprint density at radius 3 is 2.23 bits per heavy atom. The third-order valence-corrected chi connectivity index (χ3v) is 3.97. The fourth-order valence-corrected chi connectivity index (χ4v) is 2.62. The average Bonchev–Trinajstić information content (AvgIpc) is 2.73. The minimum Gasteiger partial charge on any atom is -0.444 e. The van der Waals surface area contributed by atoms with Crippen molar-refractivity contribution < 1.29 is 32.2 Å². The van der Waals surface area contributed by atoms with Gasteiger partial charge in [-0.1, -0.05) is 36.4 Å². The molecule has 0 aliphatic carbocycles. The molecule has 5 nitrogen and oxygen atoms in total. The van der Waals surface area contributed by atoms with E-state index < -0.39 is 30.4 Å². The van der Waals surface area contributed by atoms with E-state index in [0.717, 1.165) is 6.07 Å². The van der Waals surface area contributed by atoms with Gasteiger partial charge in [-0.05, 0) is 42.5 Å². The first kappa shape index (κ1) is 20.9. The number of carbonyl (C=O) groups is 2. The third kappa shape index (κ3) is 5.60. The molecule has 3 aromatic rings. The Balaban J connectivity index is 1.81. The van der Waals surface area contributed by atoms with Crippen molar-refractivity contribution in [2.75, 3.05) is 5.32 Å². The largest absolute Gasteiger partial charge is 0.444 e. The molecule has 1 N–H and O–H groups in total. The van der Waals surface area contributed by atoms with Crippen molar-refractivity contribution in [3.63, 3.8) is 0 Å². The van der Waals surface area contributed by atoms with Gasteiger partial charge in [0, 0.05) is 11.3 Å². The topological polar surface area (TPSA) is 64.6 Å². The molecular formula is C22H16F3NO4. The van der Waals surface area contributed by atoms with Gasteiger partial charge in [0.25, 0.3) is 5.91 Å². The normalized spacial score (nSPS) is 11.6. The molecule has 3 aromatic carbocycles. The molecule has 0 spiro atoms. The zero-order valence-corrected chi connectivity index (χ0v) is 15.4. The van der Waals surface area contributed by atoms with Gasteiger partial charge in [0.1, 0.15) is 11.6 Å². The molecule has 0 fully saturated rings. The van der Waals surface area contributed by atoms with Crippen LogP contribution in [0.1, 0.15) is 22.0 Å². The van der Waals surface area contributed by atoms with Gasteiger partial charge in [0.2, 0.25) is 6.10 Å². The van der Waals surface area contributed by atoms with Crippen molar-refractivity contribution in [2.45, 2.75) is 12.7 Å². The molecule has 0 aliphatic rings. The number of carbonyl (C=O) groups excluding carboxylic acids is 2. The quantitative estimate of drug-likeness (QED) is 0.554. The molecule has 0 aromatic heterocycles. The van der Waals surface area contributed by atoms with Gasteiger partial charge < -0.3 is 14.8 Å². The van der Waals surface area contributed by atoms with Gasteiger partial charge in [-0.25, -0.2) is 9.18 Å². The lowest BCUT2D eigenvalue weighted by atomic mass is 10.1. The smallest absolute Gasteiger partial charge is 0.387 e. The third-order valence-electron chi connectivity index (χ3n) is 3.97. The standard InChI is InChI=1S/C22H16F3NO4/c23-16-9-11-17(12-10-16)26-20(27)19(14-5-2-1-3-6-14)30-21(28)15-7-4-8-18(13-15)29-22(24)25/h1-13,19,22H,(H,26,27)/t19-/m1/s1. The van der Waals surface area contributed by atoms with Crippen LogP contribution in [0.15, 0.2) is 78.9 Å². The monoisotopic (exact) mass is 415 g/mol. The highest BCUT2D eigenvalue weighted by Gasteiger charge is 2.26. The minimum absolute atomic E-state index is 0.0661. The first-order valence-electron chi connectivity index (χ1n) is 8.79. The zero-order valence-electron chi connectivity index (χ0n) is 15.4. The van der Waals surface area contributed by atoms with Crippen LogP contribution in [0.5, 0.6) is 5.75 Å². The van der Waals surface area contributed by atoms with E-state index in [2.05, 4.69) is 10.1 Å². The predicted molar refractivity (Wildman–Crippen MR) is 103 cm³/mol. The maximum atomic E-state index is 13.1. The van der Waals surface area contributed by atoms with Crippen molar-refractivity contribution in [1.82, 2.24) is 0 Å². The van der Waals surface area contributed by atoms with Crippen LogP contribution in [0.2, 0.25) is 0 Å². The molecule has 0 saturated carbocycles. The highest BCUT2D eigenvalue weighted by Crippen LogP contribution is 2.23. The van der Waals surface area contributed by atoms with Crippen LogP contribution in [0.4, 0.5) is 18.9 Å². The van der Waals surface area contributed by atoms with Crippen LogP contribution < -0.4 is 10.1 Å². The lowest BCUT2D eigenvalue weighted by Gasteiger charge is -2.18. The number of hydrogen-bond acceptors (Lipinski definition) is 4. The number of halogens is 3. The number of esters is 1. The molecule has 3 rings (SSSR count). The van der Waals surface area contributed by atoms with Crippen LogP contribution in [0.25, 0.3) is 0 Å². The van der Waals surface area contributed by atoms with Crippen LogP contribution in [0.3, 0.4) is 0 Å². The SMILES string of the molecule is O=C(O[C@@H](C(=O)Nc1ccc(F)cc1)c1ccccc1)c1cccc(OC(F)F)c1. The fraction of sp³-hybridized carbons (Fsp3) is 0.0909. The Kier molecular flexibility index (Phi) is 6.69. The van der Waals surface area contributed by atoms with Gasteiger partial charge in [-0.3, -0.25) is 4.79 Å². The van der Waals surface area contributed by atoms with Gasteiger partial charge in [-0.2, -0.15) is 8.78 Å². The van der Waals surface area contributed by atoms with E-state index in [9.17, 15) is 22.8 Å². The van der Waals surface area contributed by atoms with Crippen LogP contribution in [-0.2, 0) is 9.53 Å². The first-order chi connectivity index (χ1) is 14.4. The Labute approximate surface area is 170 Å². The molecule has 0 bridgehead atoms. The van der Waals surface area contributed by atoms with E-state index in [0.29, 0.717) is 11.3 Å². The van der Waals surface area contributed by atoms with E-state index in [1.807, 2.05) is 0 Å². The number of rotatable bonds is 7. The Morgan fingerprint density at radius 1 is 0.867 bits per heavy atom. The summed E-state index contributed by atoms with van der Waals surface area (Å²) >= 11 is 0. The summed E-state index contributed by atoms with van der Waals surface area (Å²) in [6.45, 7) is -3.05. The highest BCUT2D eigenvalue weighted by atomic mass is 19.3. The van der Waals surface area contributed by atoms with Gasteiger partial charge in [-0.15, -0.1) is 0 Å². The number of hydrogen-bond donors (Lipinski definition) is 1. The summed E-state index contributed by atoms with van der Waals surface area (Å²) in [5, 5.41) is 2.56. The Bertz CT molecular complexity index is 1010. The van der Waals surface area contributed by atoms with Gasteiger partial charge in [0.05, 0.1) is 5.56 Å². The van der Waals surface area contributed by atoms with E-state index in [1.165, 1.54) is 42.5 Å². The van der Waals surface area contributed by atoms with E-state index >= 15 is 0 Å². The number of alkyl halides is 2. The Morgan fingerprint density at radius 2 is 1.57 bits per heavy atom. The second-order valence-electron chi connectivity index (χ2n) is 6.10. The average molecular weight is 415 g/mol. The molecule has 8 heteroatoms. The van der Waals surface area contributed by atoms with Gasteiger partial charge >= 0.3 is 12.6 Å². The predicted octanol–water partition coefficient (Wildman–Crippen LogP) is 4.96. The second-order valence-corrected chi connectivity index (χ2v) is 6.10. The van der Waals surface area contributed by atoms with Crippen molar-refractivity contribution in [2.24, 2.45) is 0 Å². The molecule has 154 valence electrons. The summed E-state index contributed by atoms with van der Waals surface area (Å²) in [4.78, 5) is 25.3. The van der Waals surface area contributed by atoms with Crippen molar-refractivity contribution in [3.05, 3.63) is 95.8 Å².